The Morgan fingerprint density at radius 2 is 1.67 bits per heavy atom. The lowest BCUT2D eigenvalue weighted by Crippen LogP contribution is -2.49. The van der Waals surface area contributed by atoms with Crippen LogP contribution in [0.4, 0.5) is 0 Å². The molecule has 2 heterocycles. The van der Waals surface area contributed by atoms with E-state index in [0.29, 0.717) is 18.1 Å². The normalized spacial score (nSPS) is 16.2. The Bertz CT molecular complexity index is 1040. The lowest BCUT2D eigenvalue weighted by molar-refractivity contribution is -0.134. The van der Waals surface area contributed by atoms with Crippen molar-refractivity contribution in [3.63, 3.8) is 0 Å². The Morgan fingerprint density at radius 3 is 2.30 bits per heavy atom. The fourth-order valence-electron chi connectivity index (χ4n) is 4.12. The van der Waals surface area contributed by atoms with Crippen molar-refractivity contribution in [2.45, 2.75) is 38.6 Å². The summed E-state index contributed by atoms with van der Waals surface area (Å²) in [6.45, 7) is 5.39. The number of aromatic nitrogens is 2. The highest BCUT2D eigenvalue weighted by Gasteiger charge is 2.30. The van der Waals surface area contributed by atoms with E-state index in [9.17, 15) is 4.79 Å². The van der Waals surface area contributed by atoms with Gasteiger partial charge in [-0.15, -0.1) is 5.10 Å². The number of hydrogen-bond acceptors (Lipinski definition) is 4. The summed E-state index contributed by atoms with van der Waals surface area (Å²) in [7, 11) is 0. The van der Waals surface area contributed by atoms with Crippen LogP contribution in [0, 0.1) is 5.92 Å². The SMILES string of the molecule is CC(C)[C@H](N)C(=O)N1CCC(c2nnc(-c3ccc(Cl)cc3)c3ccccc23)CC1. The Balaban J connectivity index is 1.60. The van der Waals surface area contributed by atoms with E-state index in [4.69, 9.17) is 17.3 Å². The summed E-state index contributed by atoms with van der Waals surface area (Å²) in [5.74, 6) is 0.476. The first kappa shape index (κ1) is 20.8. The zero-order chi connectivity index (χ0) is 21.3. The highest BCUT2D eigenvalue weighted by molar-refractivity contribution is 6.30. The number of rotatable bonds is 4. The molecule has 0 radical (unpaired) electrons. The molecule has 3 aromatic rings. The van der Waals surface area contributed by atoms with Crippen molar-refractivity contribution in [3.8, 4) is 11.3 Å². The molecule has 30 heavy (non-hydrogen) atoms. The maximum absolute atomic E-state index is 12.6. The molecule has 1 aromatic heterocycles. The first-order chi connectivity index (χ1) is 14.5. The summed E-state index contributed by atoms with van der Waals surface area (Å²) in [5.41, 5.74) is 8.95. The van der Waals surface area contributed by atoms with E-state index in [1.165, 1.54) is 0 Å². The Kier molecular flexibility index (Phi) is 6.02. The molecule has 156 valence electrons. The number of nitrogens with two attached hydrogens (primary N) is 1. The van der Waals surface area contributed by atoms with E-state index >= 15 is 0 Å². The second kappa shape index (κ2) is 8.70. The highest BCUT2D eigenvalue weighted by Crippen LogP contribution is 2.35. The zero-order valence-electron chi connectivity index (χ0n) is 17.4. The number of benzene rings is 2. The van der Waals surface area contributed by atoms with Gasteiger partial charge in [0.05, 0.1) is 11.7 Å². The molecular weight excluding hydrogens is 396 g/mol. The van der Waals surface area contributed by atoms with Gasteiger partial charge in [0.2, 0.25) is 5.91 Å². The van der Waals surface area contributed by atoms with E-state index < -0.39 is 6.04 Å². The van der Waals surface area contributed by atoms with Crippen molar-refractivity contribution in [2.24, 2.45) is 11.7 Å². The van der Waals surface area contributed by atoms with Crippen molar-refractivity contribution in [1.82, 2.24) is 15.1 Å². The number of carbonyl (C=O) groups is 1. The van der Waals surface area contributed by atoms with E-state index in [-0.39, 0.29) is 17.7 Å². The second-order valence-electron chi connectivity index (χ2n) is 8.36. The van der Waals surface area contributed by atoms with E-state index in [2.05, 4.69) is 22.3 Å². The third kappa shape index (κ3) is 4.05. The largest absolute Gasteiger partial charge is 0.341 e. The number of carbonyl (C=O) groups excluding carboxylic acids is 1. The van der Waals surface area contributed by atoms with Crippen LogP contribution in [0.2, 0.25) is 5.02 Å². The first-order valence-corrected chi connectivity index (χ1v) is 10.9. The molecule has 1 aliphatic rings. The van der Waals surface area contributed by atoms with Gasteiger partial charge in [-0.25, -0.2) is 0 Å². The third-order valence-electron chi connectivity index (χ3n) is 6.03. The summed E-state index contributed by atoms with van der Waals surface area (Å²) in [6.07, 6.45) is 1.74. The van der Waals surface area contributed by atoms with Gasteiger partial charge in [-0.2, -0.15) is 5.10 Å². The maximum Gasteiger partial charge on any atom is 0.239 e. The number of fused-ring (bicyclic) bond motifs is 1. The molecular formula is C24H27ClN4O. The van der Waals surface area contributed by atoms with Crippen molar-refractivity contribution in [1.29, 1.82) is 0 Å². The van der Waals surface area contributed by atoms with E-state index in [0.717, 1.165) is 40.6 Å². The van der Waals surface area contributed by atoms with Crippen LogP contribution in [-0.4, -0.2) is 40.1 Å². The van der Waals surface area contributed by atoms with Crippen LogP contribution >= 0.6 is 11.6 Å². The van der Waals surface area contributed by atoms with Gasteiger partial charge in [-0.1, -0.05) is 61.8 Å². The molecule has 6 heteroatoms. The van der Waals surface area contributed by atoms with E-state index in [1.807, 2.05) is 55.1 Å². The minimum Gasteiger partial charge on any atom is -0.341 e. The lowest BCUT2D eigenvalue weighted by Gasteiger charge is -2.34. The minimum absolute atomic E-state index is 0.0532. The molecule has 0 aliphatic carbocycles. The molecule has 0 bridgehead atoms. The van der Waals surface area contributed by atoms with Crippen LogP contribution in [0.3, 0.4) is 0 Å². The highest BCUT2D eigenvalue weighted by atomic mass is 35.5. The van der Waals surface area contributed by atoms with Gasteiger partial charge in [-0.05, 0) is 30.9 Å². The summed E-state index contributed by atoms with van der Waals surface area (Å²) in [4.78, 5) is 14.5. The summed E-state index contributed by atoms with van der Waals surface area (Å²) in [5, 5.41) is 12.2. The first-order valence-electron chi connectivity index (χ1n) is 10.5. The Morgan fingerprint density at radius 1 is 1.03 bits per heavy atom. The van der Waals surface area contributed by atoms with Gasteiger partial charge < -0.3 is 10.6 Å². The Hall–Kier alpha value is -2.50. The number of amides is 1. The Labute approximate surface area is 182 Å². The molecule has 1 amide bonds. The van der Waals surface area contributed by atoms with Crippen molar-refractivity contribution in [3.05, 3.63) is 59.2 Å². The molecule has 0 spiro atoms. The lowest BCUT2D eigenvalue weighted by atomic mass is 9.89. The summed E-state index contributed by atoms with van der Waals surface area (Å²) in [6, 6.07) is 15.5. The standard InChI is InChI=1S/C24H27ClN4O/c1-15(2)21(26)24(30)29-13-11-17(12-14-29)23-20-6-4-3-5-19(20)22(27-28-23)16-7-9-18(25)10-8-16/h3-10,15,17,21H,11-14,26H2,1-2H3/t21-/m0/s1. The molecule has 0 unspecified atom stereocenters. The van der Waals surface area contributed by atoms with E-state index in [1.54, 1.807) is 0 Å². The average molecular weight is 423 g/mol. The summed E-state index contributed by atoms with van der Waals surface area (Å²) >= 11 is 6.04. The molecule has 0 saturated carbocycles. The third-order valence-corrected chi connectivity index (χ3v) is 6.28. The number of piperidine rings is 1. The fourth-order valence-corrected chi connectivity index (χ4v) is 4.24. The van der Waals surface area contributed by atoms with Crippen LogP contribution in [-0.2, 0) is 4.79 Å². The maximum atomic E-state index is 12.6. The zero-order valence-corrected chi connectivity index (χ0v) is 18.1. The number of hydrogen-bond donors (Lipinski definition) is 1. The van der Waals surface area contributed by atoms with Crippen LogP contribution in [0.25, 0.3) is 22.0 Å². The monoisotopic (exact) mass is 422 g/mol. The van der Waals surface area contributed by atoms with Crippen LogP contribution < -0.4 is 5.73 Å². The molecule has 2 N–H and O–H groups in total. The quantitative estimate of drug-likeness (QED) is 0.664. The molecule has 1 fully saturated rings. The van der Waals surface area contributed by atoms with Gasteiger partial charge >= 0.3 is 0 Å². The number of nitrogens with zero attached hydrogens (tertiary/aromatic N) is 3. The van der Waals surface area contributed by atoms with Gasteiger partial charge in [0.1, 0.15) is 5.69 Å². The van der Waals surface area contributed by atoms with Crippen LogP contribution in [0.15, 0.2) is 48.5 Å². The molecule has 4 rings (SSSR count). The summed E-state index contributed by atoms with van der Waals surface area (Å²) < 4.78 is 0. The van der Waals surface area contributed by atoms with Gasteiger partial charge in [0.15, 0.2) is 0 Å². The fraction of sp³-hybridized carbons (Fsp3) is 0.375. The molecule has 1 saturated heterocycles. The predicted octanol–water partition coefficient (Wildman–Crippen LogP) is 4.64. The molecule has 1 aliphatic heterocycles. The van der Waals surface area contributed by atoms with Gasteiger partial charge in [-0.3, -0.25) is 4.79 Å². The number of halogens is 1. The molecule has 1 atom stereocenters. The topological polar surface area (TPSA) is 72.1 Å². The molecule has 5 nitrogen and oxygen atoms in total. The van der Waals surface area contributed by atoms with Gasteiger partial charge in [0.25, 0.3) is 0 Å². The van der Waals surface area contributed by atoms with Crippen LogP contribution in [0.1, 0.15) is 38.3 Å². The van der Waals surface area contributed by atoms with Crippen LogP contribution in [0.5, 0.6) is 0 Å². The van der Waals surface area contributed by atoms with Crippen molar-refractivity contribution < 1.29 is 4.79 Å². The molecule has 2 aromatic carbocycles. The van der Waals surface area contributed by atoms with Crippen molar-refractivity contribution in [2.75, 3.05) is 13.1 Å². The second-order valence-corrected chi connectivity index (χ2v) is 8.79. The number of likely N-dealkylation sites (tertiary alicyclic amines) is 1. The smallest absolute Gasteiger partial charge is 0.239 e. The minimum atomic E-state index is -0.430. The van der Waals surface area contributed by atoms with Crippen molar-refractivity contribution >= 4 is 28.3 Å². The predicted molar refractivity (Wildman–Crippen MR) is 121 cm³/mol. The average Bonchev–Trinajstić information content (AvgIpc) is 2.78. The van der Waals surface area contributed by atoms with Gasteiger partial charge in [0, 0.05) is 40.4 Å².